The minimum atomic E-state index is 0.572. The Labute approximate surface area is 92.1 Å². The molecule has 2 heteroatoms. The van der Waals surface area contributed by atoms with Gasteiger partial charge in [0.05, 0.1) is 0 Å². The second-order valence-corrected chi connectivity index (χ2v) is 4.20. The summed E-state index contributed by atoms with van der Waals surface area (Å²) in [5.74, 6) is 0. The molecule has 0 spiro atoms. The molecule has 0 saturated heterocycles. The van der Waals surface area contributed by atoms with Gasteiger partial charge in [-0.3, -0.25) is 0 Å². The van der Waals surface area contributed by atoms with Crippen LogP contribution in [0.25, 0.3) is 0 Å². The zero-order valence-corrected chi connectivity index (χ0v) is 9.42. The monoisotopic (exact) mass is 204 g/mol. The van der Waals surface area contributed by atoms with Crippen molar-refractivity contribution in [1.29, 1.82) is 0 Å². The lowest BCUT2D eigenvalue weighted by atomic mass is 9.92. The number of benzene rings is 1. The van der Waals surface area contributed by atoms with Crippen molar-refractivity contribution in [2.24, 2.45) is 0 Å². The first kappa shape index (κ1) is 10.7. The van der Waals surface area contributed by atoms with Gasteiger partial charge in [-0.1, -0.05) is 24.3 Å². The van der Waals surface area contributed by atoms with Gasteiger partial charge in [-0.25, -0.2) is 0 Å². The number of rotatable bonds is 4. The van der Waals surface area contributed by atoms with Crippen molar-refractivity contribution in [2.45, 2.75) is 25.3 Å². The van der Waals surface area contributed by atoms with Crippen LogP contribution in [0.2, 0.25) is 0 Å². The van der Waals surface area contributed by atoms with Gasteiger partial charge in [0.25, 0.3) is 0 Å². The van der Waals surface area contributed by atoms with E-state index in [-0.39, 0.29) is 0 Å². The Kier molecular flexibility index (Phi) is 3.75. The van der Waals surface area contributed by atoms with Gasteiger partial charge in [0.2, 0.25) is 0 Å². The Morgan fingerprint density at radius 1 is 1.40 bits per heavy atom. The first-order chi connectivity index (χ1) is 7.42. The average Bonchev–Trinajstić information content (AvgIpc) is 2.30. The maximum Gasteiger partial charge on any atom is 0.0323 e. The van der Waals surface area contributed by atoms with E-state index in [2.05, 4.69) is 34.9 Å². The minimum absolute atomic E-state index is 0.572. The van der Waals surface area contributed by atoms with Crippen LogP contribution < -0.4 is 10.6 Å². The van der Waals surface area contributed by atoms with E-state index in [9.17, 15) is 0 Å². The van der Waals surface area contributed by atoms with Crippen molar-refractivity contribution >= 4 is 0 Å². The van der Waals surface area contributed by atoms with Crippen LogP contribution >= 0.6 is 0 Å². The van der Waals surface area contributed by atoms with Gasteiger partial charge in [0.1, 0.15) is 0 Å². The Morgan fingerprint density at radius 3 is 3.13 bits per heavy atom. The van der Waals surface area contributed by atoms with Crippen molar-refractivity contribution in [3.05, 3.63) is 35.4 Å². The molecule has 2 nitrogen and oxygen atoms in total. The highest BCUT2D eigenvalue weighted by atomic mass is 14.9. The summed E-state index contributed by atoms with van der Waals surface area (Å²) >= 11 is 0. The molecular formula is C13H20N2. The highest BCUT2D eigenvalue weighted by Gasteiger charge is 2.17. The third-order valence-corrected chi connectivity index (χ3v) is 3.14. The molecule has 0 saturated carbocycles. The van der Waals surface area contributed by atoms with E-state index in [1.54, 1.807) is 0 Å². The molecule has 1 heterocycles. The fraction of sp³-hybridized carbons (Fsp3) is 0.538. The van der Waals surface area contributed by atoms with Crippen LogP contribution in [0.5, 0.6) is 0 Å². The third kappa shape index (κ3) is 2.58. The van der Waals surface area contributed by atoms with Crippen molar-refractivity contribution in [2.75, 3.05) is 20.1 Å². The highest BCUT2D eigenvalue weighted by Crippen LogP contribution is 2.25. The summed E-state index contributed by atoms with van der Waals surface area (Å²) < 4.78 is 0. The average molecular weight is 204 g/mol. The van der Waals surface area contributed by atoms with Gasteiger partial charge in [0.15, 0.2) is 0 Å². The van der Waals surface area contributed by atoms with Crippen LogP contribution in [0.1, 0.15) is 30.0 Å². The third-order valence-electron chi connectivity index (χ3n) is 3.14. The molecule has 2 N–H and O–H groups in total. The Morgan fingerprint density at radius 2 is 2.27 bits per heavy atom. The standard InChI is InChI=1S/C13H20N2/c1-14-9-4-7-13-12-6-3-2-5-11(12)8-10-15-13/h2-3,5-6,13-15H,4,7-10H2,1H3. The quantitative estimate of drug-likeness (QED) is 0.732. The number of fused-ring (bicyclic) bond motifs is 1. The SMILES string of the molecule is CNCCCC1NCCc2ccccc21. The molecule has 1 aliphatic rings. The molecule has 1 aliphatic heterocycles. The zero-order valence-electron chi connectivity index (χ0n) is 9.42. The fourth-order valence-corrected chi connectivity index (χ4v) is 2.33. The van der Waals surface area contributed by atoms with Gasteiger partial charge < -0.3 is 10.6 Å². The first-order valence-electron chi connectivity index (χ1n) is 5.87. The largest absolute Gasteiger partial charge is 0.320 e. The number of hydrogen-bond acceptors (Lipinski definition) is 2. The second kappa shape index (κ2) is 5.29. The van der Waals surface area contributed by atoms with Crippen LogP contribution in [0, 0.1) is 0 Å². The summed E-state index contributed by atoms with van der Waals surface area (Å²) in [7, 11) is 2.02. The Bertz CT molecular complexity index is 309. The topological polar surface area (TPSA) is 24.1 Å². The van der Waals surface area contributed by atoms with Gasteiger partial charge in [0, 0.05) is 6.04 Å². The van der Waals surface area contributed by atoms with Crippen LogP contribution in [0.3, 0.4) is 0 Å². The van der Waals surface area contributed by atoms with Gasteiger partial charge in [-0.15, -0.1) is 0 Å². The molecule has 0 radical (unpaired) electrons. The van der Waals surface area contributed by atoms with Crippen LogP contribution in [0.4, 0.5) is 0 Å². The summed E-state index contributed by atoms with van der Waals surface area (Å²) in [6.07, 6.45) is 3.65. The molecule has 1 unspecified atom stereocenters. The summed E-state index contributed by atoms with van der Waals surface area (Å²) in [6.45, 7) is 2.24. The molecular weight excluding hydrogens is 184 g/mol. The molecule has 2 rings (SSSR count). The van der Waals surface area contributed by atoms with Crippen molar-refractivity contribution < 1.29 is 0 Å². The Balaban J connectivity index is 2.02. The molecule has 0 bridgehead atoms. The second-order valence-electron chi connectivity index (χ2n) is 4.20. The maximum absolute atomic E-state index is 3.61. The van der Waals surface area contributed by atoms with Crippen LogP contribution in [-0.4, -0.2) is 20.1 Å². The highest BCUT2D eigenvalue weighted by molar-refractivity contribution is 5.32. The molecule has 0 aromatic heterocycles. The van der Waals surface area contributed by atoms with Crippen LogP contribution in [-0.2, 0) is 6.42 Å². The van der Waals surface area contributed by atoms with E-state index in [0.29, 0.717) is 6.04 Å². The molecule has 1 atom stereocenters. The molecule has 0 aliphatic carbocycles. The summed E-state index contributed by atoms with van der Waals surface area (Å²) in [5, 5.41) is 6.81. The fourth-order valence-electron chi connectivity index (χ4n) is 2.33. The Hall–Kier alpha value is -0.860. The lowest BCUT2D eigenvalue weighted by Gasteiger charge is -2.26. The maximum atomic E-state index is 3.61. The summed E-state index contributed by atoms with van der Waals surface area (Å²) in [4.78, 5) is 0. The lowest BCUT2D eigenvalue weighted by Crippen LogP contribution is -2.30. The van der Waals surface area contributed by atoms with E-state index in [1.165, 1.54) is 30.4 Å². The summed E-state index contributed by atoms with van der Waals surface area (Å²) in [5.41, 5.74) is 3.05. The van der Waals surface area contributed by atoms with E-state index in [1.807, 2.05) is 7.05 Å². The van der Waals surface area contributed by atoms with E-state index in [4.69, 9.17) is 0 Å². The molecule has 0 fully saturated rings. The van der Waals surface area contributed by atoms with E-state index >= 15 is 0 Å². The molecule has 82 valence electrons. The molecule has 15 heavy (non-hydrogen) atoms. The lowest BCUT2D eigenvalue weighted by molar-refractivity contribution is 0.459. The van der Waals surface area contributed by atoms with Crippen LogP contribution in [0.15, 0.2) is 24.3 Å². The zero-order chi connectivity index (χ0) is 10.5. The van der Waals surface area contributed by atoms with Gasteiger partial charge in [-0.2, -0.15) is 0 Å². The van der Waals surface area contributed by atoms with Gasteiger partial charge >= 0.3 is 0 Å². The predicted octanol–water partition coefficient (Wildman–Crippen LogP) is 1.87. The summed E-state index contributed by atoms with van der Waals surface area (Å²) in [6, 6.07) is 9.40. The normalized spacial score (nSPS) is 19.9. The van der Waals surface area contributed by atoms with Crippen molar-refractivity contribution in [3.8, 4) is 0 Å². The molecule has 0 amide bonds. The number of nitrogens with one attached hydrogen (secondary N) is 2. The molecule has 1 aromatic carbocycles. The first-order valence-corrected chi connectivity index (χ1v) is 5.87. The van der Waals surface area contributed by atoms with E-state index in [0.717, 1.165) is 13.1 Å². The number of hydrogen-bond donors (Lipinski definition) is 2. The predicted molar refractivity (Wildman–Crippen MR) is 64.1 cm³/mol. The molecule has 1 aromatic rings. The van der Waals surface area contributed by atoms with Gasteiger partial charge in [-0.05, 0) is 50.5 Å². The van der Waals surface area contributed by atoms with E-state index < -0.39 is 0 Å². The van der Waals surface area contributed by atoms with Crippen molar-refractivity contribution in [1.82, 2.24) is 10.6 Å². The minimum Gasteiger partial charge on any atom is -0.320 e. The van der Waals surface area contributed by atoms with Crippen molar-refractivity contribution in [3.63, 3.8) is 0 Å². The smallest absolute Gasteiger partial charge is 0.0323 e.